The minimum Gasteiger partial charge on any atom is -0.508 e. The monoisotopic (exact) mass is 775 g/mol. The number of carbonyl (C=O) groups excluding carboxylic acids is 6. The number of aromatic hydroxyl groups is 2. The van der Waals surface area contributed by atoms with Crippen LogP contribution in [0.4, 0.5) is 0 Å². The highest BCUT2D eigenvalue weighted by molar-refractivity contribution is 5.96. The lowest BCUT2D eigenvalue weighted by molar-refractivity contribution is -0.143. The molecule has 0 aliphatic carbocycles. The number of hydrogen-bond acceptors (Lipinski definition) is 10. The fraction of sp³-hybridized carbons (Fsp3) is 0.359. The molecule has 17 nitrogen and oxygen atoms in total. The number of aliphatic carboxylic acids is 1. The molecule has 3 aromatic rings. The number of carboxylic acids is 1. The van der Waals surface area contributed by atoms with Gasteiger partial charge in [-0.05, 0) is 53.3 Å². The molecule has 56 heavy (non-hydrogen) atoms. The second-order valence-electron chi connectivity index (χ2n) is 13.5. The van der Waals surface area contributed by atoms with Crippen molar-refractivity contribution in [1.29, 1.82) is 0 Å². The Morgan fingerprint density at radius 1 is 0.571 bits per heavy atom. The van der Waals surface area contributed by atoms with Crippen LogP contribution in [0, 0.1) is 5.92 Å². The number of primary amides is 1. The first-order chi connectivity index (χ1) is 26.6. The van der Waals surface area contributed by atoms with E-state index in [1.54, 1.807) is 44.2 Å². The molecular weight excluding hydrogens is 726 g/mol. The van der Waals surface area contributed by atoms with Gasteiger partial charge in [-0.2, -0.15) is 0 Å². The highest BCUT2D eigenvalue weighted by atomic mass is 16.4. The lowest BCUT2D eigenvalue weighted by Crippen LogP contribution is -2.60. The number of hydrogen-bond donors (Lipinski definition) is 10. The van der Waals surface area contributed by atoms with E-state index in [-0.39, 0.29) is 43.6 Å². The Hall–Kier alpha value is -6.49. The minimum absolute atomic E-state index is 0.0382. The van der Waals surface area contributed by atoms with Gasteiger partial charge in [0.2, 0.25) is 35.4 Å². The van der Waals surface area contributed by atoms with Gasteiger partial charge in [-0.25, -0.2) is 4.79 Å². The van der Waals surface area contributed by atoms with Gasteiger partial charge in [0, 0.05) is 25.7 Å². The van der Waals surface area contributed by atoms with Gasteiger partial charge >= 0.3 is 5.97 Å². The van der Waals surface area contributed by atoms with Crippen LogP contribution in [0.1, 0.15) is 43.4 Å². The van der Waals surface area contributed by atoms with Crippen molar-refractivity contribution in [3.05, 3.63) is 95.6 Å². The van der Waals surface area contributed by atoms with E-state index >= 15 is 0 Å². The normalized spacial score (nSPS) is 13.6. The summed E-state index contributed by atoms with van der Waals surface area (Å²) in [5, 5.41) is 42.2. The summed E-state index contributed by atoms with van der Waals surface area (Å²) >= 11 is 0. The summed E-state index contributed by atoms with van der Waals surface area (Å²) in [6, 6.07) is 13.6. The Balaban J connectivity index is 1.99. The van der Waals surface area contributed by atoms with E-state index < -0.39 is 84.1 Å². The molecule has 0 aliphatic heterocycles. The van der Waals surface area contributed by atoms with E-state index in [2.05, 4.69) is 26.6 Å². The van der Waals surface area contributed by atoms with Crippen molar-refractivity contribution < 1.29 is 48.9 Å². The molecule has 5 atom stereocenters. The van der Waals surface area contributed by atoms with Crippen molar-refractivity contribution in [1.82, 2.24) is 26.6 Å². The Kier molecular flexibility index (Phi) is 16.8. The lowest BCUT2D eigenvalue weighted by atomic mass is 9.99. The number of nitrogens with one attached hydrogen (secondary N) is 5. The molecule has 17 heteroatoms. The third-order valence-corrected chi connectivity index (χ3v) is 8.68. The van der Waals surface area contributed by atoms with E-state index in [1.807, 2.05) is 0 Å². The molecule has 0 aliphatic rings. The van der Waals surface area contributed by atoms with Gasteiger partial charge in [-0.15, -0.1) is 0 Å². The first kappa shape index (κ1) is 43.9. The van der Waals surface area contributed by atoms with Gasteiger partial charge in [0.05, 0.1) is 6.54 Å². The molecule has 0 aromatic heterocycles. The fourth-order valence-electron chi connectivity index (χ4n) is 5.61. The van der Waals surface area contributed by atoms with Crippen molar-refractivity contribution in [2.24, 2.45) is 17.4 Å². The second-order valence-corrected chi connectivity index (χ2v) is 13.5. The van der Waals surface area contributed by atoms with E-state index in [0.717, 1.165) is 0 Å². The predicted molar refractivity (Wildman–Crippen MR) is 203 cm³/mol. The lowest BCUT2D eigenvalue weighted by Gasteiger charge is -2.27. The van der Waals surface area contributed by atoms with Crippen LogP contribution >= 0.6 is 0 Å². The molecule has 0 fully saturated rings. The van der Waals surface area contributed by atoms with Crippen LogP contribution in [0.2, 0.25) is 0 Å². The molecule has 3 aromatic carbocycles. The molecule has 6 amide bonds. The third-order valence-electron chi connectivity index (χ3n) is 8.68. The summed E-state index contributed by atoms with van der Waals surface area (Å²) in [5.74, 6) is -6.66. The van der Waals surface area contributed by atoms with Gasteiger partial charge in [0.25, 0.3) is 0 Å². The summed E-state index contributed by atoms with van der Waals surface area (Å²) in [5.41, 5.74) is 12.3. The zero-order valence-corrected chi connectivity index (χ0v) is 31.1. The SMILES string of the molecule is CC(C)[C@H](NC(=O)[C@H](Cc1ccccc1)NC(=O)[C@H](Cc1ccc(O)cc1)NC(=O)[C@H](Cc1ccc(O)cc1)NC(=O)[C@H](CCC(N)=O)NC(=O)CN)C(=O)O. The minimum atomic E-state index is -1.40. The van der Waals surface area contributed by atoms with Crippen LogP contribution in [0.3, 0.4) is 0 Å². The number of phenolic OH excluding ortho intramolecular Hbond substituents is 2. The Morgan fingerprint density at radius 3 is 1.34 bits per heavy atom. The second kappa shape index (κ2) is 21.4. The van der Waals surface area contributed by atoms with Crippen LogP contribution in [-0.4, -0.2) is 93.5 Å². The first-order valence-corrected chi connectivity index (χ1v) is 17.9. The summed E-state index contributed by atoms with van der Waals surface area (Å²) in [4.78, 5) is 91.1. The van der Waals surface area contributed by atoms with Gasteiger partial charge in [-0.1, -0.05) is 68.4 Å². The number of amides is 6. The molecular formula is C39H49N7O10. The van der Waals surface area contributed by atoms with E-state index in [0.29, 0.717) is 16.7 Å². The number of rotatable bonds is 21. The topological polar surface area (TPSA) is 292 Å². The highest BCUT2D eigenvalue weighted by Gasteiger charge is 2.33. The van der Waals surface area contributed by atoms with Crippen LogP contribution in [0.15, 0.2) is 78.9 Å². The Labute approximate surface area is 323 Å². The van der Waals surface area contributed by atoms with Crippen molar-refractivity contribution in [3.8, 4) is 11.5 Å². The zero-order valence-electron chi connectivity index (χ0n) is 31.1. The van der Waals surface area contributed by atoms with Gasteiger partial charge in [-0.3, -0.25) is 28.8 Å². The summed E-state index contributed by atoms with van der Waals surface area (Å²) < 4.78 is 0. The van der Waals surface area contributed by atoms with Gasteiger partial charge in [0.15, 0.2) is 0 Å². The largest absolute Gasteiger partial charge is 0.508 e. The molecule has 0 radical (unpaired) electrons. The molecule has 0 spiro atoms. The number of nitrogens with two attached hydrogens (primary N) is 2. The van der Waals surface area contributed by atoms with Crippen molar-refractivity contribution in [2.75, 3.05) is 6.54 Å². The van der Waals surface area contributed by atoms with E-state index in [1.165, 1.54) is 48.5 Å². The molecule has 300 valence electrons. The van der Waals surface area contributed by atoms with E-state index in [9.17, 15) is 48.9 Å². The molecule has 0 bridgehead atoms. The average Bonchev–Trinajstić information content (AvgIpc) is 3.16. The maximum absolute atomic E-state index is 14.2. The molecule has 0 heterocycles. The van der Waals surface area contributed by atoms with Crippen molar-refractivity contribution >= 4 is 41.4 Å². The molecule has 0 saturated carbocycles. The number of carboxylic acid groups (broad SMARTS) is 1. The summed E-state index contributed by atoms with van der Waals surface area (Å²) in [7, 11) is 0. The fourth-order valence-corrected chi connectivity index (χ4v) is 5.61. The highest BCUT2D eigenvalue weighted by Crippen LogP contribution is 2.15. The number of benzene rings is 3. The van der Waals surface area contributed by atoms with Gasteiger partial charge < -0.3 is 53.4 Å². The molecule has 3 rings (SSSR count). The standard InChI is InChI=1S/C39H49N7O10/c1-22(2)34(39(55)56)46-38(54)31(18-23-6-4-3-5-7-23)45-37(53)30(20-25-10-14-27(48)15-11-25)44-36(52)29(19-24-8-12-26(47)13-9-24)43-35(51)28(16-17-32(41)49)42-33(50)21-40/h3-15,22,28-31,34,47-48H,16-21,40H2,1-2H3,(H2,41,49)(H,42,50)(H,43,51)(H,44,52)(H,45,53)(H,46,54)(H,55,56)/t28-,29-,30-,31-,34-/m0/s1. The third kappa shape index (κ3) is 14.4. The van der Waals surface area contributed by atoms with Crippen molar-refractivity contribution in [3.63, 3.8) is 0 Å². The average molecular weight is 776 g/mol. The van der Waals surface area contributed by atoms with Crippen LogP contribution in [0.5, 0.6) is 11.5 Å². The summed E-state index contributed by atoms with van der Waals surface area (Å²) in [6.07, 6.45) is -0.854. The van der Waals surface area contributed by atoms with Crippen LogP contribution in [-0.2, 0) is 52.8 Å². The number of phenols is 2. The predicted octanol–water partition coefficient (Wildman–Crippen LogP) is -0.485. The maximum atomic E-state index is 14.2. The van der Waals surface area contributed by atoms with Gasteiger partial charge in [0.1, 0.15) is 41.7 Å². The molecule has 0 saturated heterocycles. The zero-order chi connectivity index (χ0) is 41.4. The first-order valence-electron chi connectivity index (χ1n) is 17.9. The van der Waals surface area contributed by atoms with E-state index in [4.69, 9.17) is 11.5 Å². The number of carbonyl (C=O) groups is 7. The van der Waals surface area contributed by atoms with Crippen LogP contribution < -0.4 is 38.1 Å². The summed E-state index contributed by atoms with van der Waals surface area (Å²) in [6.45, 7) is 2.77. The van der Waals surface area contributed by atoms with Crippen molar-refractivity contribution in [2.45, 2.75) is 76.2 Å². The Bertz CT molecular complexity index is 1820. The smallest absolute Gasteiger partial charge is 0.326 e. The molecule has 12 N–H and O–H groups in total. The maximum Gasteiger partial charge on any atom is 0.326 e. The molecule has 0 unspecified atom stereocenters. The quantitative estimate of drug-likeness (QED) is 0.0659. The van der Waals surface area contributed by atoms with Crippen LogP contribution in [0.25, 0.3) is 0 Å². The Morgan fingerprint density at radius 2 is 0.964 bits per heavy atom.